The summed E-state index contributed by atoms with van der Waals surface area (Å²) in [6, 6.07) is 6.31. The first-order valence-electron chi connectivity index (χ1n) is 6.21. The van der Waals surface area contributed by atoms with Crippen LogP contribution in [-0.2, 0) is 10.0 Å². The maximum Gasteiger partial charge on any atom is 0.244 e. The van der Waals surface area contributed by atoms with Gasteiger partial charge in [-0.1, -0.05) is 25.4 Å². The second-order valence-corrected chi connectivity index (χ2v) is 7.17. The molecule has 0 atom stereocenters. The third-order valence-electron chi connectivity index (χ3n) is 2.61. The SMILES string of the molecule is CC(C)CN(CCC#N)S(=O)(=O)c1cc(N)ccc1Cl. The fraction of sp³-hybridized carbons (Fsp3) is 0.462. The number of nitrogens with zero attached hydrogens (tertiary/aromatic N) is 2. The minimum atomic E-state index is -3.75. The third kappa shape index (κ3) is 4.10. The van der Waals surface area contributed by atoms with Crippen molar-refractivity contribution in [2.45, 2.75) is 25.2 Å². The van der Waals surface area contributed by atoms with Crippen molar-refractivity contribution in [3.05, 3.63) is 23.2 Å². The number of nitriles is 1. The van der Waals surface area contributed by atoms with Crippen LogP contribution in [0.15, 0.2) is 23.1 Å². The maximum atomic E-state index is 12.6. The Morgan fingerprint density at radius 1 is 1.45 bits per heavy atom. The lowest BCUT2D eigenvalue weighted by atomic mass is 10.2. The van der Waals surface area contributed by atoms with E-state index in [1.54, 1.807) is 6.07 Å². The van der Waals surface area contributed by atoms with E-state index >= 15 is 0 Å². The Morgan fingerprint density at radius 2 is 2.10 bits per heavy atom. The van der Waals surface area contributed by atoms with Crippen molar-refractivity contribution < 1.29 is 8.42 Å². The summed E-state index contributed by atoms with van der Waals surface area (Å²) in [4.78, 5) is -0.0160. The molecule has 5 nitrogen and oxygen atoms in total. The first-order chi connectivity index (χ1) is 9.28. The monoisotopic (exact) mass is 315 g/mol. The average Bonchev–Trinajstić information content (AvgIpc) is 2.36. The summed E-state index contributed by atoms with van der Waals surface area (Å²) in [6.07, 6.45) is 0.131. The largest absolute Gasteiger partial charge is 0.399 e. The quantitative estimate of drug-likeness (QED) is 0.817. The number of nitrogens with two attached hydrogens (primary N) is 1. The van der Waals surface area contributed by atoms with E-state index in [2.05, 4.69) is 0 Å². The van der Waals surface area contributed by atoms with Crippen molar-refractivity contribution in [1.82, 2.24) is 4.31 Å². The van der Waals surface area contributed by atoms with Gasteiger partial charge in [0.1, 0.15) is 4.90 Å². The molecule has 0 heterocycles. The second kappa shape index (κ2) is 6.93. The van der Waals surface area contributed by atoms with E-state index in [9.17, 15) is 8.42 Å². The van der Waals surface area contributed by atoms with Gasteiger partial charge >= 0.3 is 0 Å². The molecule has 0 saturated carbocycles. The summed E-state index contributed by atoms with van der Waals surface area (Å²) in [6.45, 7) is 4.29. The van der Waals surface area contributed by atoms with Crippen molar-refractivity contribution >= 4 is 27.3 Å². The van der Waals surface area contributed by atoms with Gasteiger partial charge in [-0.3, -0.25) is 0 Å². The molecule has 0 fully saturated rings. The Labute approximate surface area is 125 Å². The number of benzene rings is 1. The van der Waals surface area contributed by atoms with Crippen LogP contribution in [0.2, 0.25) is 5.02 Å². The Balaban J connectivity index is 3.21. The molecular formula is C13H18ClN3O2S. The molecule has 2 N–H and O–H groups in total. The third-order valence-corrected chi connectivity index (χ3v) is 4.96. The lowest BCUT2D eigenvalue weighted by Crippen LogP contribution is -2.35. The molecular weight excluding hydrogens is 298 g/mol. The topological polar surface area (TPSA) is 87.2 Å². The fourth-order valence-electron chi connectivity index (χ4n) is 1.75. The maximum absolute atomic E-state index is 12.6. The van der Waals surface area contributed by atoms with Crippen molar-refractivity contribution in [1.29, 1.82) is 5.26 Å². The van der Waals surface area contributed by atoms with E-state index in [0.29, 0.717) is 12.2 Å². The molecule has 1 aromatic carbocycles. The van der Waals surface area contributed by atoms with Gasteiger partial charge < -0.3 is 5.73 Å². The Hall–Kier alpha value is -1.29. The molecule has 1 aromatic rings. The Bertz CT molecular complexity index is 609. The van der Waals surface area contributed by atoms with Gasteiger partial charge in [-0.25, -0.2) is 8.42 Å². The highest BCUT2D eigenvalue weighted by Gasteiger charge is 2.27. The van der Waals surface area contributed by atoms with Crippen LogP contribution in [0.5, 0.6) is 0 Å². The van der Waals surface area contributed by atoms with Gasteiger partial charge in [0.05, 0.1) is 11.1 Å². The zero-order valence-electron chi connectivity index (χ0n) is 11.5. The van der Waals surface area contributed by atoms with Crippen LogP contribution >= 0.6 is 11.6 Å². The zero-order valence-corrected chi connectivity index (χ0v) is 13.1. The normalized spacial score (nSPS) is 11.8. The number of nitrogen functional groups attached to an aromatic ring is 1. The van der Waals surface area contributed by atoms with Crippen molar-refractivity contribution in [2.75, 3.05) is 18.8 Å². The summed E-state index contributed by atoms with van der Waals surface area (Å²) in [5.41, 5.74) is 5.96. The van der Waals surface area contributed by atoms with E-state index in [-0.39, 0.29) is 28.8 Å². The highest BCUT2D eigenvalue weighted by atomic mass is 35.5. The number of anilines is 1. The molecule has 0 radical (unpaired) electrons. The Kier molecular flexibility index (Phi) is 5.81. The molecule has 0 aliphatic heterocycles. The van der Waals surface area contributed by atoms with Gasteiger partial charge in [0, 0.05) is 25.2 Å². The van der Waals surface area contributed by atoms with Crippen LogP contribution in [0.1, 0.15) is 20.3 Å². The van der Waals surface area contributed by atoms with E-state index in [0.717, 1.165) is 0 Å². The summed E-state index contributed by atoms with van der Waals surface area (Å²) >= 11 is 5.97. The zero-order chi connectivity index (χ0) is 15.3. The van der Waals surface area contributed by atoms with Crippen LogP contribution in [0.3, 0.4) is 0 Å². The first-order valence-corrected chi connectivity index (χ1v) is 8.03. The number of sulfonamides is 1. The molecule has 1 rings (SSSR count). The molecule has 0 aliphatic carbocycles. The van der Waals surface area contributed by atoms with Gasteiger partial charge in [0.15, 0.2) is 0 Å². The summed E-state index contributed by atoms with van der Waals surface area (Å²) < 4.78 is 26.5. The molecule has 0 bridgehead atoms. The van der Waals surface area contributed by atoms with E-state index in [4.69, 9.17) is 22.6 Å². The van der Waals surface area contributed by atoms with Crippen LogP contribution in [0.25, 0.3) is 0 Å². The second-order valence-electron chi connectivity index (χ2n) is 4.85. The highest BCUT2D eigenvalue weighted by molar-refractivity contribution is 7.89. The number of halogens is 1. The number of hydrogen-bond acceptors (Lipinski definition) is 4. The summed E-state index contributed by atoms with van der Waals surface area (Å²) in [5.74, 6) is 0.142. The number of rotatable bonds is 6. The Morgan fingerprint density at radius 3 is 2.65 bits per heavy atom. The number of hydrogen-bond donors (Lipinski definition) is 1. The van der Waals surface area contributed by atoms with Crippen molar-refractivity contribution in [2.24, 2.45) is 5.92 Å². The minimum Gasteiger partial charge on any atom is -0.399 e. The average molecular weight is 316 g/mol. The molecule has 0 amide bonds. The lowest BCUT2D eigenvalue weighted by molar-refractivity contribution is 0.373. The predicted molar refractivity (Wildman–Crippen MR) is 79.7 cm³/mol. The predicted octanol–water partition coefficient (Wildman–Crippen LogP) is 2.48. The van der Waals surface area contributed by atoms with Gasteiger partial charge in [0.2, 0.25) is 10.0 Å². The van der Waals surface area contributed by atoms with Crippen LogP contribution in [0, 0.1) is 17.2 Å². The molecule has 110 valence electrons. The van der Waals surface area contributed by atoms with Crippen LogP contribution in [-0.4, -0.2) is 25.8 Å². The van der Waals surface area contributed by atoms with E-state index in [1.165, 1.54) is 16.4 Å². The molecule has 0 aliphatic rings. The van der Waals surface area contributed by atoms with Crippen LogP contribution < -0.4 is 5.73 Å². The first kappa shape index (κ1) is 16.8. The molecule has 0 aromatic heterocycles. The van der Waals surface area contributed by atoms with Gasteiger partial charge in [-0.05, 0) is 24.1 Å². The smallest absolute Gasteiger partial charge is 0.244 e. The van der Waals surface area contributed by atoms with Crippen molar-refractivity contribution in [3.63, 3.8) is 0 Å². The standard InChI is InChI=1S/C13H18ClN3O2S/c1-10(2)9-17(7-3-6-15)20(18,19)13-8-11(16)4-5-12(13)14/h4-5,8,10H,3,7,9,16H2,1-2H3. The van der Waals surface area contributed by atoms with Crippen molar-refractivity contribution in [3.8, 4) is 6.07 Å². The summed E-state index contributed by atoms with van der Waals surface area (Å²) in [5, 5.41) is 8.80. The van der Waals surface area contributed by atoms with Crippen LogP contribution in [0.4, 0.5) is 5.69 Å². The molecule has 0 unspecified atom stereocenters. The molecule has 7 heteroatoms. The molecule has 0 saturated heterocycles. The highest BCUT2D eigenvalue weighted by Crippen LogP contribution is 2.27. The van der Waals surface area contributed by atoms with E-state index in [1.807, 2.05) is 19.9 Å². The molecule has 0 spiro atoms. The van der Waals surface area contributed by atoms with Gasteiger partial charge in [0.25, 0.3) is 0 Å². The minimum absolute atomic E-state index is 0.0160. The summed E-state index contributed by atoms with van der Waals surface area (Å²) in [7, 11) is -3.75. The van der Waals surface area contributed by atoms with E-state index < -0.39 is 10.0 Å². The fourth-order valence-corrected chi connectivity index (χ4v) is 3.86. The van der Waals surface area contributed by atoms with Gasteiger partial charge in [-0.2, -0.15) is 9.57 Å². The van der Waals surface area contributed by atoms with Gasteiger partial charge in [-0.15, -0.1) is 0 Å². The lowest BCUT2D eigenvalue weighted by Gasteiger charge is -2.23. The molecule has 20 heavy (non-hydrogen) atoms.